The van der Waals surface area contributed by atoms with Crippen molar-refractivity contribution in [3.05, 3.63) is 0 Å². The van der Waals surface area contributed by atoms with Gasteiger partial charge in [-0.1, -0.05) is 11.8 Å². The van der Waals surface area contributed by atoms with E-state index in [1.165, 1.54) is 6.92 Å². The van der Waals surface area contributed by atoms with Gasteiger partial charge in [0.25, 0.3) is 0 Å². The van der Waals surface area contributed by atoms with Gasteiger partial charge in [0.15, 0.2) is 5.12 Å². The van der Waals surface area contributed by atoms with Crippen molar-refractivity contribution in [1.82, 2.24) is 0 Å². The lowest BCUT2D eigenvalue weighted by molar-refractivity contribution is -0.137. The Hall–Kier alpha value is -0.550. The quantitative estimate of drug-likeness (QED) is 0.596. The molecule has 0 aromatic rings. The average Bonchev–Trinajstić information content (AvgIpc) is 1.82. The Morgan fingerprint density at radius 3 is 2.50 bits per heavy atom. The molecule has 0 aromatic carbocycles. The van der Waals surface area contributed by atoms with Crippen LogP contribution < -0.4 is 5.73 Å². The second kappa shape index (κ2) is 4.29. The number of carboxylic acids is 1. The fourth-order valence-corrected chi connectivity index (χ4v) is 0.835. The van der Waals surface area contributed by atoms with Gasteiger partial charge in [0.05, 0.1) is 0 Å². The van der Waals surface area contributed by atoms with E-state index >= 15 is 0 Å². The van der Waals surface area contributed by atoms with E-state index in [2.05, 4.69) is 0 Å². The molecule has 0 saturated carbocycles. The van der Waals surface area contributed by atoms with Crippen LogP contribution in [0.3, 0.4) is 0 Å². The maximum absolute atomic E-state index is 10.3. The molecule has 0 fully saturated rings. The van der Waals surface area contributed by atoms with Gasteiger partial charge < -0.3 is 10.8 Å². The summed E-state index contributed by atoms with van der Waals surface area (Å²) in [5.74, 6) is -0.932. The Labute approximate surface area is 62.8 Å². The molecule has 0 aliphatic rings. The molecule has 0 spiro atoms. The van der Waals surface area contributed by atoms with Gasteiger partial charge >= 0.3 is 5.97 Å². The highest BCUT2D eigenvalue weighted by atomic mass is 32.2. The highest BCUT2D eigenvalue weighted by Gasteiger charge is 2.11. The number of carboxylic acid groups (broad SMARTS) is 1. The van der Waals surface area contributed by atoms with E-state index in [4.69, 9.17) is 10.8 Å². The number of hydrogen-bond acceptors (Lipinski definition) is 4. The number of carbonyl (C=O) groups excluding carboxylic acids is 1. The summed E-state index contributed by atoms with van der Waals surface area (Å²) >= 11 is 0.923. The minimum Gasteiger partial charge on any atom is -0.480 e. The fourth-order valence-electron chi connectivity index (χ4n) is 0.278. The van der Waals surface area contributed by atoms with Gasteiger partial charge in [0, 0.05) is 12.7 Å². The first-order chi connectivity index (χ1) is 4.54. The summed E-state index contributed by atoms with van der Waals surface area (Å²) < 4.78 is 0. The number of thioether (sulfide) groups is 1. The van der Waals surface area contributed by atoms with Gasteiger partial charge in [0.2, 0.25) is 0 Å². The van der Waals surface area contributed by atoms with Crippen molar-refractivity contribution in [1.29, 1.82) is 0 Å². The predicted molar refractivity (Wildman–Crippen MR) is 38.8 cm³/mol. The van der Waals surface area contributed by atoms with E-state index in [9.17, 15) is 9.59 Å². The topological polar surface area (TPSA) is 80.4 Å². The van der Waals surface area contributed by atoms with Crippen molar-refractivity contribution in [2.45, 2.75) is 13.0 Å². The second-order valence-corrected chi connectivity index (χ2v) is 2.94. The van der Waals surface area contributed by atoms with Gasteiger partial charge in [0.1, 0.15) is 6.04 Å². The molecule has 0 aromatic heterocycles. The third kappa shape index (κ3) is 4.34. The SMILES string of the molecule is CC(=O)SCC(N)C(=O)O. The van der Waals surface area contributed by atoms with Crippen LogP contribution in [0.2, 0.25) is 0 Å². The van der Waals surface area contributed by atoms with E-state index in [0.717, 1.165) is 11.8 Å². The number of rotatable bonds is 3. The molecule has 0 heterocycles. The summed E-state index contributed by atoms with van der Waals surface area (Å²) in [7, 11) is 0. The maximum atomic E-state index is 10.3. The number of aliphatic carboxylic acids is 1. The summed E-state index contributed by atoms with van der Waals surface area (Å²) in [6.45, 7) is 1.37. The third-order valence-electron chi connectivity index (χ3n) is 0.783. The summed E-state index contributed by atoms with van der Waals surface area (Å²) in [6.07, 6.45) is 0. The molecular weight excluding hydrogens is 154 g/mol. The van der Waals surface area contributed by atoms with Crippen molar-refractivity contribution in [2.24, 2.45) is 5.73 Å². The predicted octanol–water partition coefficient (Wildman–Crippen LogP) is -0.322. The molecule has 3 N–H and O–H groups in total. The lowest BCUT2D eigenvalue weighted by atomic mass is 10.4. The van der Waals surface area contributed by atoms with Crippen LogP contribution in [0.1, 0.15) is 6.92 Å². The monoisotopic (exact) mass is 163 g/mol. The summed E-state index contributed by atoms with van der Waals surface area (Å²) in [5, 5.41) is 8.13. The standard InChI is InChI=1S/C5H9NO3S/c1-3(7)10-2-4(6)5(8)9/h4H,2,6H2,1H3,(H,8,9). The molecule has 0 bridgehead atoms. The zero-order valence-corrected chi connectivity index (χ0v) is 6.35. The van der Waals surface area contributed by atoms with Crippen molar-refractivity contribution in [2.75, 3.05) is 5.75 Å². The second-order valence-electron chi connectivity index (χ2n) is 1.75. The van der Waals surface area contributed by atoms with E-state index < -0.39 is 12.0 Å². The first kappa shape index (κ1) is 9.45. The van der Waals surface area contributed by atoms with Crippen molar-refractivity contribution < 1.29 is 14.7 Å². The van der Waals surface area contributed by atoms with Crippen LogP contribution in [-0.2, 0) is 9.59 Å². The molecule has 0 amide bonds. The Morgan fingerprint density at radius 1 is 1.70 bits per heavy atom. The third-order valence-corrected chi connectivity index (χ3v) is 1.72. The molecule has 1 unspecified atom stereocenters. The fraction of sp³-hybridized carbons (Fsp3) is 0.600. The molecule has 1 atom stereocenters. The minimum absolute atomic E-state index is 0.114. The van der Waals surface area contributed by atoms with Gasteiger partial charge in [-0.05, 0) is 0 Å². The normalized spacial score (nSPS) is 12.6. The molecule has 0 saturated heterocycles. The molecule has 0 rings (SSSR count). The molecule has 58 valence electrons. The number of hydrogen-bond donors (Lipinski definition) is 2. The van der Waals surface area contributed by atoms with Gasteiger partial charge in [-0.3, -0.25) is 9.59 Å². The van der Waals surface area contributed by atoms with Crippen LogP contribution >= 0.6 is 11.8 Å². The van der Waals surface area contributed by atoms with Crippen molar-refractivity contribution >= 4 is 22.8 Å². The molecule has 0 aliphatic heterocycles. The molecule has 0 radical (unpaired) electrons. The first-order valence-electron chi connectivity index (χ1n) is 2.65. The Bertz CT molecular complexity index is 148. The summed E-state index contributed by atoms with van der Waals surface area (Å²) in [4.78, 5) is 20.3. The summed E-state index contributed by atoms with van der Waals surface area (Å²) in [5.41, 5.74) is 5.09. The minimum atomic E-state index is -1.08. The van der Waals surface area contributed by atoms with Crippen LogP contribution in [-0.4, -0.2) is 28.0 Å². The lowest BCUT2D eigenvalue weighted by Gasteiger charge is -2.01. The van der Waals surface area contributed by atoms with Crippen molar-refractivity contribution in [3.63, 3.8) is 0 Å². The Morgan fingerprint density at radius 2 is 2.20 bits per heavy atom. The van der Waals surface area contributed by atoms with Crippen LogP contribution in [0, 0.1) is 0 Å². The van der Waals surface area contributed by atoms with Gasteiger partial charge in [-0.15, -0.1) is 0 Å². The number of carbonyl (C=O) groups is 2. The Balaban J connectivity index is 3.49. The van der Waals surface area contributed by atoms with E-state index in [-0.39, 0.29) is 10.9 Å². The van der Waals surface area contributed by atoms with Crippen LogP contribution in [0.15, 0.2) is 0 Å². The maximum Gasteiger partial charge on any atom is 0.321 e. The zero-order chi connectivity index (χ0) is 8.15. The highest BCUT2D eigenvalue weighted by molar-refractivity contribution is 8.13. The molecule has 0 aliphatic carbocycles. The zero-order valence-electron chi connectivity index (χ0n) is 5.53. The van der Waals surface area contributed by atoms with E-state index in [1.54, 1.807) is 0 Å². The van der Waals surface area contributed by atoms with Crippen LogP contribution in [0.25, 0.3) is 0 Å². The van der Waals surface area contributed by atoms with E-state index in [0.29, 0.717) is 0 Å². The summed E-state index contributed by atoms with van der Waals surface area (Å²) in [6, 6.07) is -0.936. The van der Waals surface area contributed by atoms with Gasteiger partial charge in [-0.2, -0.15) is 0 Å². The largest absolute Gasteiger partial charge is 0.480 e. The molecular formula is C5H9NO3S. The number of nitrogens with two attached hydrogens (primary N) is 1. The average molecular weight is 163 g/mol. The molecule has 5 heteroatoms. The Kier molecular flexibility index (Phi) is 4.06. The van der Waals surface area contributed by atoms with E-state index in [1.807, 2.05) is 0 Å². The van der Waals surface area contributed by atoms with Crippen molar-refractivity contribution in [3.8, 4) is 0 Å². The highest BCUT2D eigenvalue weighted by Crippen LogP contribution is 2.01. The lowest BCUT2D eigenvalue weighted by Crippen LogP contribution is -2.32. The first-order valence-corrected chi connectivity index (χ1v) is 3.64. The molecule has 10 heavy (non-hydrogen) atoms. The van der Waals surface area contributed by atoms with Gasteiger partial charge in [-0.25, -0.2) is 0 Å². The van der Waals surface area contributed by atoms with Crippen LogP contribution in [0.4, 0.5) is 0 Å². The van der Waals surface area contributed by atoms with Crippen LogP contribution in [0.5, 0.6) is 0 Å². The molecule has 4 nitrogen and oxygen atoms in total. The smallest absolute Gasteiger partial charge is 0.321 e.